The van der Waals surface area contributed by atoms with E-state index in [1.54, 1.807) is 0 Å². The summed E-state index contributed by atoms with van der Waals surface area (Å²) in [5.41, 5.74) is -3.37. The normalized spacial score (nSPS) is 16.8. The summed E-state index contributed by atoms with van der Waals surface area (Å²) >= 11 is 0. The summed E-state index contributed by atoms with van der Waals surface area (Å²) in [6, 6.07) is 0. The summed E-state index contributed by atoms with van der Waals surface area (Å²) in [4.78, 5) is 0. The molecule has 0 spiro atoms. The Balaban J connectivity index is 6.91. The van der Waals surface area contributed by atoms with Gasteiger partial charge in [-0.2, -0.15) is 70.2 Å². The molecule has 0 amide bonds. The Labute approximate surface area is 164 Å². The van der Waals surface area contributed by atoms with Crippen molar-refractivity contribution in [2.45, 2.75) is 82.0 Å². The summed E-state index contributed by atoms with van der Waals surface area (Å²) in [6.45, 7) is 0.234. The smallest absolute Gasteiger partial charge is 0.199 e. The van der Waals surface area contributed by atoms with Gasteiger partial charge in [0.25, 0.3) is 0 Å². The zero-order valence-corrected chi connectivity index (χ0v) is 16.1. The van der Waals surface area contributed by atoms with Crippen LogP contribution in [0.1, 0.15) is 34.6 Å². The van der Waals surface area contributed by atoms with Crippen LogP contribution in [0.3, 0.4) is 0 Å². The Bertz CT molecular complexity index is 652. The quantitative estimate of drug-likeness (QED) is 0.299. The van der Waals surface area contributed by atoms with Gasteiger partial charge in [-0.3, -0.25) is 0 Å². The first-order valence-electron chi connectivity index (χ1n) is 7.97. The van der Waals surface area contributed by atoms with Crippen LogP contribution in [-0.2, 0) is 0 Å². The molecule has 0 aliphatic heterocycles. The maximum atomic E-state index is 13.7. The summed E-state index contributed by atoms with van der Waals surface area (Å²) in [5, 5.41) is 0. The molecule has 0 heterocycles. The maximum absolute atomic E-state index is 13.7. The van der Waals surface area contributed by atoms with Crippen LogP contribution in [-0.4, -0.2) is 47.4 Å². The van der Waals surface area contributed by atoms with Gasteiger partial charge in [-0.25, -0.2) is 0 Å². The van der Waals surface area contributed by atoms with E-state index >= 15 is 0 Å². The van der Waals surface area contributed by atoms with Gasteiger partial charge in [-0.1, -0.05) is 34.6 Å². The number of hydrogen-bond acceptors (Lipinski definition) is 0. The third kappa shape index (κ3) is 3.53. The second-order valence-corrected chi connectivity index (χ2v) is 8.05. The molecule has 0 atom stereocenters. The molecule has 0 aromatic rings. The molecule has 188 valence electrons. The SMILES string of the molecule is CC(C)C(F)(F)C(F)(F)C(F)(F)C(F)(F)C(F)(F)C(F)(F)C(F)(F)C(F)(F)C(C)(C)C. The zero-order valence-electron chi connectivity index (χ0n) is 16.1. The van der Waals surface area contributed by atoms with Crippen molar-refractivity contribution in [3.63, 3.8) is 0 Å². The van der Waals surface area contributed by atoms with Gasteiger partial charge in [0.1, 0.15) is 0 Å². The summed E-state index contributed by atoms with van der Waals surface area (Å²) in [6.07, 6.45) is 0. The summed E-state index contributed by atoms with van der Waals surface area (Å²) < 4.78 is 217. The maximum Gasteiger partial charge on any atom is 0.384 e. The fourth-order valence-corrected chi connectivity index (χ4v) is 2.03. The average Bonchev–Trinajstić information content (AvgIpc) is 2.52. The highest BCUT2D eigenvalue weighted by atomic mass is 19.4. The fraction of sp³-hybridized carbons (Fsp3) is 1.00. The van der Waals surface area contributed by atoms with E-state index in [4.69, 9.17) is 0 Å². The van der Waals surface area contributed by atoms with Crippen LogP contribution in [0.2, 0.25) is 0 Å². The Hall–Kier alpha value is -1.12. The molecule has 16 heteroatoms. The third-order valence-corrected chi connectivity index (χ3v) is 4.45. The highest BCUT2D eigenvalue weighted by molar-refractivity contribution is 5.17. The van der Waals surface area contributed by atoms with Crippen molar-refractivity contribution < 1.29 is 70.2 Å². The van der Waals surface area contributed by atoms with Crippen LogP contribution in [0.4, 0.5) is 70.2 Å². The highest BCUT2D eigenvalue weighted by Gasteiger charge is 2.95. The van der Waals surface area contributed by atoms with Crippen molar-refractivity contribution in [3.05, 3.63) is 0 Å². The molecule has 0 aromatic carbocycles. The first-order valence-corrected chi connectivity index (χ1v) is 7.97. The molecule has 0 aromatic heterocycles. The molecule has 0 aliphatic carbocycles. The predicted molar refractivity (Wildman–Crippen MR) is 73.9 cm³/mol. The van der Waals surface area contributed by atoms with E-state index in [2.05, 4.69) is 0 Å². The average molecular weight is 500 g/mol. The largest absolute Gasteiger partial charge is 0.384 e. The molecule has 0 bridgehead atoms. The van der Waals surface area contributed by atoms with E-state index in [0.717, 1.165) is 0 Å². The molecule has 31 heavy (non-hydrogen) atoms. The van der Waals surface area contributed by atoms with Crippen LogP contribution in [0.15, 0.2) is 0 Å². The molecule has 0 nitrogen and oxygen atoms in total. The lowest BCUT2D eigenvalue weighted by molar-refractivity contribution is -0.459. The van der Waals surface area contributed by atoms with E-state index in [1.807, 2.05) is 0 Å². The number of halogens is 16. The molecular formula is C15H16F16. The zero-order chi connectivity index (χ0) is 26.1. The van der Waals surface area contributed by atoms with E-state index in [1.165, 1.54) is 0 Å². The van der Waals surface area contributed by atoms with Crippen LogP contribution in [0.5, 0.6) is 0 Å². The van der Waals surface area contributed by atoms with Crippen molar-refractivity contribution >= 4 is 0 Å². The van der Waals surface area contributed by atoms with E-state index in [9.17, 15) is 70.2 Å². The minimum absolute atomic E-state index is 0.0346. The molecule has 0 N–H and O–H groups in total. The molecule has 0 saturated carbocycles. The minimum atomic E-state index is -8.36. The lowest BCUT2D eigenvalue weighted by atomic mass is 9.78. The predicted octanol–water partition coefficient (Wildman–Crippen LogP) is 7.77. The Morgan fingerprint density at radius 2 is 0.548 bits per heavy atom. The molecule has 0 fully saturated rings. The van der Waals surface area contributed by atoms with Crippen molar-refractivity contribution in [3.8, 4) is 0 Å². The van der Waals surface area contributed by atoms with Crippen molar-refractivity contribution in [2.24, 2.45) is 11.3 Å². The summed E-state index contributed by atoms with van der Waals surface area (Å²) in [7, 11) is 0. The molecule has 0 aliphatic rings. The third-order valence-electron chi connectivity index (χ3n) is 4.45. The standard InChI is InChI=1S/C15H16F16/c1-6(2)8(16,17)10(20,21)12(24,25)14(28,29)15(30,31)13(26,27)11(22,23)9(18,19)7(3,4)5/h6H,1-5H3. The molecule has 0 unspecified atom stereocenters. The highest BCUT2D eigenvalue weighted by Crippen LogP contribution is 2.65. The fourth-order valence-electron chi connectivity index (χ4n) is 2.03. The number of rotatable bonds is 8. The Morgan fingerprint density at radius 1 is 0.355 bits per heavy atom. The number of alkyl halides is 16. The van der Waals surface area contributed by atoms with Gasteiger partial charge in [-0.15, -0.1) is 0 Å². The molecule has 0 rings (SSSR count). The van der Waals surface area contributed by atoms with Crippen LogP contribution >= 0.6 is 0 Å². The van der Waals surface area contributed by atoms with Gasteiger partial charge in [0.2, 0.25) is 0 Å². The minimum Gasteiger partial charge on any atom is -0.199 e. The molecular weight excluding hydrogens is 484 g/mol. The monoisotopic (exact) mass is 500 g/mol. The Morgan fingerprint density at radius 3 is 0.742 bits per heavy atom. The van der Waals surface area contributed by atoms with Gasteiger partial charge in [0.05, 0.1) is 0 Å². The second-order valence-electron chi connectivity index (χ2n) is 8.05. The molecule has 0 saturated heterocycles. The van der Waals surface area contributed by atoms with Crippen molar-refractivity contribution in [2.75, 3.05) is 0 Å². The van der Waals surface area contributed by atoms with E-state index in [0.29, 0.717) is 0 Å². The first kappa shape index (κ1) is 29.9. The molecule has 0 radical (unpaired) electrons. The van der Waals surface area contributed by atoms with Crippen molar-refractivity contribution in [1.29, 1.82) is 0 Å². The van der Waals surface area contributed by atoms with E-state index < -0.39 is 58.7 Å². The van der Waals surface area contributed by atoms with E-state index in [-0.39, 0.29) is 34.6 Å². The lowest BCUT2D eigenvalue weighted by Crippen LogP contribution is -2.75. The Kier molecular flexibility index (Phi) is 6.93. The van der Waals surface area contributed by atoms with Gasteiger partial charge in [-0.05, 0) is 0 Å². The lowest BCUT2D eigenvalue weighted by Gasteiger charge is -2.46. The van der Waals surface area contributed by atoms with Gasteiger partial charge in [0.15, 0.2) is 0 Å². The summed E-state index contributed by atoms with van der Waals surface area (Å²) in [5.74, 6) is -63.5. The van der Waals surface area contributed by atoms with Crippen LogP contribution < -0.4 is 0 Å². The van der Waals surface area contributed by atoms with Gasteiger partial charge < -0.3 is 0 Å². The first-order chi connectivity index (χ1) is 12.9. The van der Waals surface area contributed by atoms with Gasteiger partial charge in [0, 0.05) is 11.3 Å². The van der Waals surface area contributed by atoms with Crippen LogP contribution in [0.25, 0.3) is 0 Å². The number of hydrogen-bond donors (Lipinski definition) is 0. The second kappa shape index (κ2) is 7.19. The topological polar surface area (TPSA) is 0 Å². The van der Waals surface area contributed by atoms with Gasteiger partial charge >= 0.3 is 47.4 Å². The van der Waals surface area contributed by atoms with Crippen molar-refractivity contribution in [1.82, 2.24) is 0 Å². The van der Waals surface area contributed by atoms with Crippen LogP contribution in [0, 0.1) is 11.3 Å².